The Morgan fingerprint density at radius 1 is 1.29 bits per heavy atom. The zero-order chi connectivity index (χ0) is 12.8. The van der Waals surface area contributed by atoms with Crippen molar-refractivity contribution in [3.05, 3.63) is 40.5 Å². The van der Waals surface area contributed by atoms with Crippen LogP contribution in [0.25, 0.3) is 6.08 Å². The van der Waals surface area contributed by atoms with Crippen molar-refractivity contribution in [1.82, 2.24) is 0 Å². The van der Waals surface area contributed by atoms with Crippen molar-refractivity contribution >= 4 is 6.08 Å². The van der Waals surface area contributed by atoms with Crippen LogP contribution in [-0.4, -0.2) is 6.54 Å². The summed E-state index contributed by atoms with van der Waals surface area (Å²) in [7, 11) is 0. The molecule has 1 aliphatic carbocycles. The summed E-state index contributed by atoms with van der Waals surface area (Å²) in [5.74, 6) is 0.578. The maximum atomic E-state index is 5.64. The SMILES string of the molecule is CC.CC1=Cc2cc(CC(C)CN)ccc2C1. The van der Waals surface area contributed by atoms with Crippen LogP contribution in [0, 0.1) is 5.92 Å². The number of hydrogen-bond donors (Lipinski definition) is 1. The van der Waals surface area contributed by atoms with Crippen molar-refractivity contribution in [2.24, 2.45) is 11.7 Å². The first-order valence-corrected chi connectivity index (χ1v) is 6.68. The second kappa shape index (κ2) is 6.61. The number of nitrogens with two attached hydrogens (primary N) is 1. The van der Waals surface area contributed by atoms with Gasteiger partial charge in [-0.15, -0.1) is 0 Å². The predicted molar refractivity (Wildman–Crippen MR) is 77.1 cm³/mol. The Bertz CT molecular complexity index is 391. The van der Waals surface area contributed by atoms with E-state index in [1.165, 1.54) is 22.3 Å². The third-order valence-electron chi connectivity index (χ3n) is 3.07. The van der Waals surface area contributed by atoms with E-state index in [9.17, 15) is 0 Å². The molecule has 1 heteroatoms. The third kappa shape index (κ3) is 3.71. The van der Waals surface area contributed by atoms with E-state index >= 15 is 0 Å². The molecule has 0 heterocycles. The fourth-order valence-corrected chi connectivity index (χ4v) is 2.17. The topological polar surface area (TPSA) is 26.0 Å². The van der Waals surface area contributed by atoms with Gasteiger partial charge in [0, 0.05) is 0 Å². The largest absolute Gasteiger partial charge is 0.330 e. The Morgan fingerprint density at radius 2 is 2.00 bits per heavy atom. The molecule has 1 aliphatic rings. The molecule has 1 unspecified atom stereocenters. The molecule has 0 spiro atoms. The number of hydrogen-bond acceptors (Lipinski definition) is 1. The molecule has 94 valence electrons. The summed E-state index contributed by atoms with van der Waals surface area (Å²) in [5, 5.41) is 0. The molecule has 0 bridgehead atoms. The molecule has 0 saturated carbocycles. The van der Waals surface area contributed by atoms with Crippen molar-refractivity contribution < 1.29 is 0 Å². The molecule has 0 fully saturated rings. The lowest BCUT2D eigenvalue weighted by molar-refractivity contribution is 0.593. The van der Waals surface area contributed by atoms with Gasteiger partial charge in [-0.25, -0.2) is 0 Å². The monoisotopic (exact) mass is 231 g/mol. The Hall–Kier alpha value is -1.08. The molecule has 0 aliphatic heterocycles. The average Bonchev–Trinajstić information content (AvgIpc) is 2.71. The average molecular weight is 231 g/mol. The summed E-state index contributed by atoms with van der Waals surface area (Å²) in [4.78, 5) is 0. The van der Waals surface area contributed by atoms with Gasteiger partial charge in [-0.2, -0.15) is 0 Å². The highest BCUT2D eigenvalue weighted by Gasteiger charge is 2.10. The summed E-state index contributed by atoms with van der Waals surface area (Å²) in [6, 6.07) is 6.83. The molecule has 1 atom stereocenters. The molecular weight excluding hydrogens is 206 g/mol. The van der Waals surface area contributed by atoms with Crippen LogP contribution in [0.2, 0.25) is 0 Å². The van der Waals surface area contributed by atoms with E-state index in [2.05, 4.69) is 38.1 Å². The minimum absolute atomic E-state index is 0.578. The first-order valence-electron chi connectivity index (χ1n) is 6.68. The van der Waals surface area contributed by atoms with Gasteiger partial charge in [0.05, 0.1) is 0 Å². The van der Waals surface area contributed by atoms with Crippen molar-refractivity contribution in [2.45, 2.75) is 40.5 Å². The molecule has 17 heavy (non-hydrogen) atoms. The summed E-state index contributed by atoms with van der Waals surface area (Å²) >= 11 is 0. The van der Waals surface area contributed by atoms with E-state index in [4.69, 9.17) is 5.73 Å². The van der Waals surface area contributed by atoms with Crippen LogP contribution in [0.5, 0.6) is 0 Å². The first kappa shape index (κ1) is 14.0. The molecule has 0 radical (unpaired) electrons. The van der Waals surface area contributed by atoms with Gasteiger partial charge in [-0.3, -0.25) is 0 Å². The minimum Gasteiger partial charge on any atom is -0.330 e. The Kier molecular flexibility index (Phi) is 5.43. The lowest BCUT2D eigenvalue weighted by atomic mass is 9.98. The number of rotatable bonds is 3. The van der Waals surface area contributed by atoms with Gasteiger partial charge in [0.15, 0.2) is 0 Å². The summed E-state index contributed by atoms with van der Waals surface area (Å²) < 4.78 is 0. The van der Waals surface area contributed by atoms with Gasteiger partial charge in [0.25, 0.3) is 0 Å². The molecule has 0 saturated heterocycles. The minimum atomic E-state index is 0.578. The molecule has 1 aromatic rings. The van der Waals surface area contributed by atoms with Crippen LogP contribution in [-0.2, 0) is 12.8 Å². The predicted octanol–water partition coefficient (Wildman–Crippen LogP) is 3.81. The molecule has 2 N–H and O–H groups in total. The third-order valence-corrected chi connectivity index (χ3v) is 3.07. The standard InChI is InChI=1S/C14H19N.C2H6/c1-10-6-13-4-3-12(5-11(2)9-15)8-14(13)7-10;1-2/h3-4,7-8,11H,5-6,9,15H2,1-2H3;1-2H3. The molecule has 2 rings (SSSR count). The highest BCUT2D eigenvalue weighted by Crippen LogP contribution is 2.26. The van der Waals surface area contributed by atoms with Crippen LogP contribution in [0.4, 0.5) is 0 Å². The lowest BCUT2D eigenvalue weighted by Gasteiger charge is -2.09. The van der Waals surface area contributed by atoms with Crippen LogP contribution in [0.1, 0.15) is 44.4 Å². The molecular formula is C16H25N. The van der Waals surface area contributed by atoms with Gasteiger partial charge >= 0.3 is 0 Å². The van der Waals surface area contributed by atoms with E-state index in [1.807, 2.05) is 13.8 Å². The van der Waals surface area contributed by atoms with Gasteiger partial charge < -0.3 is 5.73 Å². The van der Waals surface area contributed by atoms with Crippen LogP contribution in [0.15, 0.2) is 23.8 Å². The van der Waals surface area contributed by atoms with E-state index < -0.39 is 0 Å². The van der Waals surface area contributed by atoms with Gasteiger partial charge in [-0.1, -0.05) is 50.6 Å². The second-order valence-electron chi connectivity index (χ2n) is 4.75. The zero-order valence-electron chi connectivity index (χ0n) is 11.6. The van der Waals surface area contributed by atoms with E-state index in [0.29, 0.717) is 5.92 Å². The fourth-order valence-electron chi connectivity index (χ4n) is 2.17. The lowest BCUT2D eigenvalue weighted by Crippen LogP contribution is -2.13. The number of benzene rings is 1. The smallest absolute Gasteiger partial charge is 0.00483 e. The quantitative estimate of drug-likeness (QED) is 0.841. The highest BCUT2D eigenvalue weighted by molar-refractivity contribution is 5.63. The van der Waals surface area contributed by atoms with Crippen molar-refractivity contribution in [3.8, 4) is 0 Å². The Balaban J connectivity index is 0.000000686. The van der Waals surface area contributed by atoms with Crippen LogP contribution in [0.3, 0.4) is 0 Å². The zero-order valence-corrected chi connectivity index (χ0v) is 11.6. The number of fused-ring (bicyclic) bond motifs is 1. The Morgan fingerprint density at radius 3 is 2.65 bits per heavy atom. The maximum absolute atomic E-state index is 5.64. The van der Waals surface area contributed by atoms with Gasteiger partial charge in [0.1, 0.15) is 0 Å². The molecule has 0 aromatic heterocycles. The van der Waals surface area contributed by atoms with Crippen LogP contribution < -0.4 is 5.73 Å². The maximum Gasteiger partial charge on any atom is -0.00483 e. The molecule has 0 amide bonds. The summed E-state index contributed by atoms with van der Waals surface area (Å²) in [6.07, 6.45) is 4.52. The van der Waals surface area contributed by atoms with Gasteiger partial charge in [0.2, 0.25) is 0 Å². The summed E-state index contributed by atoms with van der Waals surface area (Å²) in [6.45, 7) is 9.17. The first-order chi connectivity index (χ1) is 8.19. The Labute approximate surface area is 106 Å². The van der Waals surface area contributed by atoms with Crippen molar-refractivity contribution in [1.29, 1.82) is 0 Å². The van der Waals surface area contributed by atoms with E-state index in [1.54, 1.807) is 0 Å². The molecule has 1 nitrogen and oxygen atoms in total. The van der Waals surface area contributed by atoms with Crippen molar-refractivity contribution in [2.75, 3.05) is 6.54 Å². The van der Waals surface area contributed by atoms with Crippen molar-refractivity contribution in [3.63, 3.8) is 0 Å². The molecule has 1 aromatic carbocycles. The van der Waals surface area contributed by atoms with Crippen LogP contribution >= 0.6 is 0 Å². The van der Waals surface area contributed by atoms with Gasteiger partial charge in [-0.05, 0) is 48.9 Å². The second-order valence-corrected chi connectivity index (χ2v) is 4.75. The fraction of sp³-hybridized carbons (Fsp3) is 0.500. The summed E-state index contributed by atoms with van der Waals surface area (Å²) in [5.41, 5.74) is 11.4. The normalized spacial score (nSPS) is 14.5. The highest BCUT2D eigenvalue weighted by atomic mass is 14.5. The van der Waals surface area contributed by atoms with E-state index in [-0.39, 0.29) is 0 Å². The van der Waals surface area contributed by atoms with E-state index in [0.717, 1.165) is 19.4 Å². The number of allylic oxidation sites excluding steroid dienone is 1.